The molecule has 31 heavy (non-hydrogen) atoms. The fraction of sp³-hybridized carbons (Fsp3) is 0.308. The number of hydrogen-bond donors (Lipinski definition) is 1. The Hall–Kier alpha value is -2.54. The Morgan fingerprint density at radius 1 is 0.613 bits per heavy atom. The Morgan fingerprint density at radius 3 is 1.58 bits per heavy atom. The van der Waals surface area contributed by atoms with Gasteiger partial charge < -0.3 is 24.1 Å². The molecule has 0 spiro atoms. The molecule has 0 amide bonds. The van der Waals surface area contributed by atoms with Gasteiger partial charge in [0.15, 0.2) is 6.29 Å². The Bertz CT molecular complexity index is 887. The Morgan fingerprint density at radius 2 is 1.06 bits per heavy atom. The molecule has 0 aliphatic carbocycles. The molecule has 0 radical (unpaired) electrons. The fourth-order valence-electron chi connectivity index (χ4n) is 3.62. The van der Waals surface area contributed by atoms with Crippen molar-refractivity contribution >= 4 is 0 Å². The molecule has 1 aliphatic rings. The van der Waals surface area contributed by atoms with Gasteiger partial charge in [0.2, 0.25) is 0 Å². The van der Waals surface area contributed by atoms with E-state index in [9.17, 15) is 5.11 Å². The summed E-state index contributed by atoms with van der Waals surface area (Å²) in [6.07, 6.45) is -2.55. The highest BCUT2D eigenvalue weighted by molar-refractivity contribution is 5.15. The van der Waals surface area contributed by atoms with Crippen molar-refractivity contribution in [1.82, 2.24) is 0 Å². The molecule has 1 saturated heterocycles. The third kappa shape index (κ3) is 6.23. The van der Waals surface area contributed by atoms with Crippen molar-refractivity contribution in [1.29, 1.82) is 0 Å². The summed E-state index contributed by atoms with van der Waals surface area (Å²) in [4.78, 5) is 0. The molecule has 5 heteroatoms. The van der Waals surface area contributed by atoms with Gasteiger partial charge in [-0.2, -0.15) is 0 Å². The first kappa shape index (κ1) is 21.7. The van der Waals surface area contributed by atoms with E-state index < -0.39 is 24.6 Å². The van der Waals surface area contributed by atoms with Crippen LogP contribution >= 0.6 is 0 Å². The molecular weight excluding hydrogens is 392 g/mol. The van der Waals surface area contributed by atoms with Crippen molar-refractivity contribution in [3.05, 3.63) is 108 Å². The predicted octanol–water partition coefficient (Wildman–Crippen LogP) is 4.09. The molecule has 0 aromatic heterocycles. The van der Waals surface area contributed by atoms with E-state index in [4.69, 9.17) is 18.9 Å². The van der Waals surface area contributed by atoms with Crippen LogP contribution in [0.4, 0.5) is 0 Å². The lowest BCUT2D eigenvalue weighted by Crippen LogP contribution is -2.39. The second-order valence-corrected chi connectivity index (χ2v) is 7.59. The van der Waals surface area contributed by atoms with Gasteiger partial charge in [0.25, 0.3) is 0 Å². The highest BCUT2D eigenvalue weighted by Gasteiger charge is 2.45. The van der Waals surface area contributed by atoms with Crippen LogP contribution in [0.15, 0.2) is 91.0 Å². The van der Waals surface area contributed by atoms with Gasteiger partial charge in [-0.1, -0.05) is 91.0 Å². The van der Waals surface area contributed by atoms with Gasteiger partial charge in [-0.3, -0.25) is 0 Å². The summed E-state index contributed by atoms with van der Waals surface area (Å²) >= 11 is 0. The van der Waals surface area contributed by atoms with Crippen molar-refractivity contribution in [2.24, 2.45) is 0 Å². The van der Waals surface area contributed by atoms with E-state index in [1.165, 1.54) is 0 Å². The third-order valence-electron chi connectivity index (χ3n) is 5.25. The van der Waals surface area contributed by atoms with E-state index in [0.717, 1.165) is 16.7 Å². The molecule has 2 unspecified atom stereocenters. The summed E-state index contributed by atoms with van der Waals surface area (Å²) < 4.78 is 23.9. The van der Waals surface area contributed by atoms with Gasteiger partial charge in [0.1, 0.15) is 18.3 Å². The second kappa shape index (κ2) is 11.2. The smallest absolute Gasteiger partial charge is 0.184 e. The van der Waals surface area contributed by atoms with Gasteiger partial charge in [0.05, 0.1) is 26.4 Å². The first-order chi connectivity index (χ1) is 15.3. The van der Waals surface area contributed by atoms with Crippen LogP contribution in [0.3, 0.4) is 0 Å². The molecule has 5 nitrogen and oxygen atoms in total. The van der Waals surface area contributed by atoms with Crippen molar-refractivity contribution in [2.45, 2.75) is 44.4 Å². The molecule has 1 fully saturated rings. The number of ether oxygens (including phenoxy) is 4. The topological polar surface area (TPSA) is 57.2 Å². The summed E-state index contributed by atoms with van der Waals surface area (Å²) in [5, 5.41) is 10.5. The van der Waals surface area contributed by atoms with E-state index >= 15 is 0 Å². The van der Waals surface area contributed by atoms with Gasteiger partial charge in [0, 0.05) is 0 Å². The van der Waals surface area contributed by atoms with Gasteiger partial charge in [-0.15, -0.1) is 0 Å². The van der Waals surface area contributed by atoms with Crippen molar-refractivity contribution < 1.29 is 24.1 Å². The lowest BCUT2D eigenvalue weighted by atomic mass is 10.1. The normalized spacial score (nSPS) is 23.1. The first-order valence-electron chi connectivity index (χ1n) is 10.6. The molecule has 3 aromatic rings. The van der Waals surface area contributed by atoms with Crippen LogP contribution in [-0.4, -0.2) is 36.3 Å². The minimum Gasteiger partial charge on any atom is -0.374 e. The minimum absolute atomic E-state index is 0.302. The van der Waals surface area contributed by atoms with Crippen LogP contribution in [0, 0.1) is 0 Å². The molecule has 4 atom stereocenters. The first-order valence-corrected chi connectivity index (χ1v) is 10.6. The molecule has 162 valence electrons. The standard InChI is InChI=1S/C26H28O5/c27-26-25(30-18-22-14-8-3-9-15-22)24(29-17-21-12-6-2-7-13-21)23(31-26)19-28-16-20-10-4-1-5-11-20/h1-15,23-27H,16-19H2/t23?,24-,25-,26?/m1/s1. The van der Waals surface area contributed by atoms with Crippen LogP contribution in [0.5, 0.6) is 0 Å². The minimum atomic E-state index is -1.07. The SMILES string of the molecule is OC1OC(COCc2ccccc2)[C@@H](OCc2ccccc2)[C@H]1OCc1ccccc1. The molecule has 1 aliphatic heterocycles. The average Bonchev–Trinajstić information content (AvgIpc) is 3.12. The molecule has 0 saturated carbocycles. The zero-order valence-corrected chi connectivity index (χ0v) is 17.4. The quantitative estimate of drug-likeness (QED) is 0.535. The van der Waals surface area contributed by atoms with E-state index in [1.807, 2.05) is 91.0 Å². The molecule has 0 bridgehead atoms. The Balaban J connectivity index is 1.39. The highest BCUT2D eigenvalue weighted by Crippen LogP contribution is 2.28. The summed E-state index contributed by atoms with van der Waals surface area (Å²) in [5.74, 6) is 0. The maximum absolute atomic E-state index is 10.5. The summed E-state index contributed by atoms with van der Waals surface area (Å²) in [6, 6.07) is 29.8. The van der Waals surface area contributed by atoms with Crippen molar-refractivity contribution in [2.75, 3.05) is 6.61 Å². The Labute approximate surface area is 183 Å². The number of hydrogen-bond acceptors (Lipinski definition) is 5. The van der Waals surface area contributed by atoms with Crippen LogP contribution < -0.4 is 0 Å². The number of aliphatic hydroxyl groups excluding tert-OH is 1. The summed E-state index contributed by atoms with van der Waals surface area (Å²) in [7, 11) is 0. The highest BCUT2D eigenvalue weighted by atomic mass is 16.7. The lowest BCUT2D eigenvalue weighted by Gasteiger charge is -2.24. The maximum Gasteiger partial charge on any atom is 0.184 e. The molecule has 1 N–H and O–H groups in total. The predicted molar refractivity (Wildman–Crippen MR) is 117 cm³/mol. The zero-order chi connectivity index (χ0) is 21.3. The van der Waals surface area contributed by atoms with Crippen LogP contribution in [0.1, 0.15) is 16.7 Å². The summed E-state index contributed by atoms with van der Waals surface area (Å²) in [5.41, 5.74) is 3.16. The molecule has 3 aromatic carbocycles. The van der Waals surface area contributed by atoms with Crippen LogP contribution in [0.25, 0.3) is 0 Å². The average molecular weight is 421 g/mol. The van der Waals surface area contributed by atoms with E-state index in [0.29, 0.717) is 26.4 Å². The van der Waals surface area contributed by atoms with E-state index in [-0.39, 0.29) is 0 Å². The van der Waals surface area contributed by atoms with Crippen molar-refractivity contribution in [3.8, 4) is 0 Å². The molecular formula is C26H28O5. The third-order valence-corrected chi connectivity index (χ3v) is 5.25. The molecule has 1 heterocycles. The van der Waals surface area contributed by atoms with E-state index in [2.05, 4.69) is 0 Å². The lowest BCUT2D eigenvalue weighted by molar-refractivity contribution is -0.153. The monoisotopic (exact) mass is 420 g/mol. The second-order valence-electron chi connectivity index (χ2n) is 7.59. The van der Waals surface area contributed by atoms with E-state index in [1.54, 1.807) is 0 Å². The van der Waals surface area contributed by atoms with Crippen LogP contribution in [0.2, 0.25) is 0 Å². The largest absolute Gasteiger partial charge is 0.374 e. The van der Waals surface area contributed by atoms with Crippen molar-refractivity contribution in [3.63, 3.8) is 0 Å². The number of rotatable bonds is 10. The molecule has 4 rings (SSSR count). The van der Waals surface area contributed by atoms with Gasteiger partial charge in [-0.25, -0.2) is 0 Å². The Kier molecular flexibility index (Phi) is 7.82. The summed E-state index contributed by atoms with van der Waals surface area (Å²) in [6.45, 7) is 1.55. The number of aliphatic hydroxyl groups is 1. The fourth-order valence-corrected chi connectivity index (χ4v) is 3.62. The number of benzene rings is 3. The van der Waals surface area contributed by atoms with Gasteiger partial charge in [-0.05, 0) is 16.7 Å². The van der Waals surface area contributed by atoms with Crippen LogP contribution in [-0.2, 0) is 38.8 Å². The van der Waals surface area contributed by atoms with Gasteiger partial charge >= 0.3 is 0 Å². The zero-order valence-electron chi connectivity index (χ0n) is 17.4. The maximum atomic E-state index is 10.5.